The Bertz CT molecular complexity index is 811. The highest BCUT2D eigenvalue weighted by Gasteiger charge is 2.46. The van der Waals surface area contributed by atoms with Crippen molar-refractivity contribution in [2.24, 2.45) is 0 Å². The molecule has 0 saturated carbocycles. The summed E-state index contributed by atoms with van der Waals surface area (Å²) < 4.78 is 38.9. The van der Waals surface area contributed by atoms with Crippen LogP contribution in [0.25, 0.3) is 0 Å². The van der Waals surface area contributed by atoms with Crippen molar-refractivity contribution in [1.29, 1.82) is 0 Å². The van der Waals surface area contributed by atoms with E-state index in [1.54, 1.807) is 11.2 Å². The van der Waals surface area contributed by atoms with Crippen LogP contribution in [0.2, 0.25) is 0 Å². The predicted molar refractivity (Wildman–Crippen MR) is 90.5 cm³/mol. The summed E-state index contributed by atoms with van der Waals surface area (Å²) in [4.78, 5) is 15.4. The molecule has 0 unspecified atom stereocenters. The SMILES string of the molecule is O=C(N1CCCc2occc2C1)C1(c2ccc(F)cc2F)CCOCC1. The standard InChI is InChI=1S/C20H21F2NO3/c21-15-3-4-16(17(22)12-15)20(6-10-25-11-7-20)19(24)23-8-1-2-18-14(13-23)5-9-26-18/h3-5,9,12H,1-2,6-8,10-11,13H2. The average Bonchev–Trinajstić information content (AvgIpc) is 2.98. The van der Waals surface area contributed by atoms with E-state index in [2.05, 4.69) is 0 Å². The lowest BCUT2D eigenvalue weighted by Crippen LogP contribution is -2.50. The third kappa shape index (κ3) is 2.92. The molecule has 0 atom stereocenters. The summed E-state index contributed by atoms with van der Waals surface area (Å²) in [5.41, 5.74) is 0.256. The molecule has 0 aliphatic carbocycles. The maximum Gasteiger partial charge on any atom is 0.233 e. The van der Waals surface area contributed by atoms with E-state index in [1.165, 1.54) is 12.1 Å². The number of rotatable bonds is 2. The fourth-order valence-electron chi connectivity index (χ4n) is 4.11. The first-order valence-electron chi connectivity index (χ1n) is 8.98. The van der Waals surface area contributed by atoms with Gasteiger partial charge in [0.15, 0.2) is 0 Å². The van der Waals surface area contributed by atoms with Gasteiger partial charge >= 0.3 is 0 Å². The molecule has 2 aliphatic rings. The zero-order valence-corrected chi connectivity index (χ0v) is 14.5. The molecule has 26 heavy (non-hydrogen) atoms. The van der Waals surface area contributed by atoms with Gasteiger partial charge in [0.25, 0.3) is 0 Å². The molecule has 1 saturated heterocycles. The average molecular weight is 361 g/mol. The molecule has 4 rings (SSSR count). The molecule has 2 aromatic rings. The first kappa shape index (κ1) is 17.2. The van der Waals surface area contributed by atoms with E-state index in [1.807, 2.05) is 6.07 Å². The van der Waals surface area contributed by atoms with E-state index < -0.39 is 17.0 Å². The van der Waals surface area contributed by atoms with Crippen LogP contribution >= 0.6 is 0 Å². The molecular weight excluding hydrogens is 340 g/mol. The largest absolute Gasteiger partial charge is 0.469 e. The van der Waals surface area contributed by atoms with Gasteiger partial charge in [0, 0.05) is 49.9 Å². The molecule has 1 fully saturated rings. The number of hydrogen-bond donors (Lipinski definition) is 0. The summed E-state index contributed by atoms with van der Waals surface area (Å²) >= 11 is 0. The predicted octanol–water partition coefficient (Wildman–Crippen LogP) is 3.58. The topological polar surface area (TPSA) is 42.7 Å². The van der Waals surface area contributed by atoms with Crippen molar-refractivity contribution in [3.05, 3.63) is 59.1 Å². The second-order valence-corrected chi connectivity index (χ2v) is 7.02. The minimum Gasteiger partial charge on any atom is -0.469 e. The van der Waals surface area contributed by atoms with Crippen molar-refractivity contribution in [1.82, 2.24) is 4.90 Å². The first-order valence-corrected chi connectivity index (χ1v) is 8.98. The van der Waals surface area contributed by atoms with E-state index in [4.69, 9.17) is 9.15 Å². The minimum atomic E-state index is -1.01. The first-order chi connectivity index (χ1) is 12.6. The highest BCUT2D eigenvalue weighted by molar-refractivity contribution is 5.88. The number of hydrogen-bond acceptors (Lipinski definition) is 3. The van der Waals surface area contributed by atoms with Gasteiger partial charge in [-0.15, -0.1) is 0 Å². The Labute approximate surface area is 150 Å². The maximum absolute atomic E-state index is 14.6. The lowest BCUT2D eigenvalue weighted by atomic mass is 9.72. The van der Waals surface area contributed by atoms with Crippen LogP contribution < -0.4 is 0 Å². The van der Waals surface area contributed by atoms with E-state index in [0.29, 0.717) is 39.1 Å². The Hall–Kier alpha value is -2.21. The molecule has 0 spiro atoms. The number of carbonyl (C=O) groups is 1. The Kier molecular flexibility index (Phi) is 4.53. The fourth-order valence-corrected chi connectivity index (χ4v) is 4.11. The number of amides is 1. The van der Waals surface area contributed by atoms with Crippen LogP contribution in [0.5, 0.6) is 0 Å². The van der Waals surface area contributed by atoms with E-state index in [0.717, 1.165) is 30.2 Å². The van der Waals surface area contributed by atoms with Crippen LogP contribution in [-0.2, 0) is 27.9 Å². The number of halogens is 2. The highest BCUT2D eigenvalue weighted by Crippen LogP contribution is 2.39. The van der Waals surface area contributed by atoms with Crippen molar-refractivity contribution in [3.8, 4) is 0 Å². The number of benzene rings is 1. The van der Waals surface area contributed by atoms with E-state index in [9.17, 15) is 13.6 Å². The number of aryl methyl sites for hydroxylation is 1. The maximum atomic E-state index is 14.6. The molecule has 3 heterocycles. The van der Waals surface area contributed by atoms with Gasteiger partial charge in [0.2, 0.25) is 5.91 Å². The molecule has 0 N–H and O–H groups in total. The number of nitrogens with zero attached hydrogens (tertiary/aromatic N) is 1. The lowest BCUT2D eigenvalue weighted by Gasteiger charge is -2.40. The van der Waals surface area contributed by atoms with Crippen LogP contribution in [0.4, 0.5) is 8.78 Å². The Balaban J connectivity index is 1.71. The zero-order chi connectivity index (χ0) is 18.1. The summed E-state index contributed by atoms with van der Waals surface area (Å²) in [7, 11) is 0. The van der Waals surface area contributed by atoms with Gasteiger partial charge < -0.3 is 14.1 Å². The number of furan rings is 1. The van der Waals surface area contributed by atoms with Gasteiger partial charge in [-0.3, -0.25) is 4.79 Å². The molecule has 138 valence electrons. The third-order valence-electron chi connectivity index (χ3n) is 5.52. The van der Waals surface area contributed by atoms with Crippen molar-refractivity contribution >= 4 is 5.91 Å². The number of fused-ring (bicyclic) bond motifs is 1. The molecule has 6 heteroatoms. The molecule has 1 amide bonds. The minimum absolute atomic E-state index is 0.111. The fraction of sp³-hybridized carbons (Fsp3) is 0.450. The van der Waals surface area contributed by atoms with Crippen LogP contribution in [0.1, 0.15) is 36.1 Å². The number of carbonyl (C=O) groups excluding carboxylic acids is 1. The van der Waals surface area contributed by atoms with Crippen molar-refractivity contribution in [2.75, 3.05) is 19.8 Å². The normalized spacial score (nSPS) is 19.7. The summed E-state index contributed by atoms with van der Waals surface area (Å²) in [6.45, 7) is 1.81. The summed E-state index contributed by atoms with van der Waals surface area (Å²) in [6, 6.07) is 5.38. The van der Waals surface area contributed by atoms with Gasteiger partial charge in [-0.05, 0) is 31.4 Å². The monoisotopic (exact) mass is 361 g/mol. The summed E-state index contributed by atoms with van der Waals surface area (Å²) in [6.07, 6.45) is 4.01. The molecule has 1 aromatic carbocycles. The summed E-state index contributed by atoms with van der Waals surface area (Å²) in [5, 5.41) is 0. The second kappa shape index (κ2) is 6.83. The third-order valence-corrected chi connectivity index (χ3v) is 5.52. The van der Waals surface area contributed by atoms with Crippen LogP contribution in [0.3, 0.4) is 0 Å². The Morgan fingerprint density at radius 1 is 1.15 bits per heavy atom. The lowest BCUT2D eigenvalue weighted by molar-refractivity contribution is -0.142. The quantitative estimate of drug-likeness (QED) is 0.821. The van der Waals surface area contributed by atoms with Crippen LogP contribution in [0.15, 0.2) is 34.9 Å². The summed E-state index contributed by atoms with van der Waals surface area (Å²) in [5.74, 6) is -0.507. The molecular formula is C20H21F2NO3. The molecule has 2 aliphatic heterocycles. The Morgan fingerprint density at radius 2 is 1.96 bits per heavy atom. The molecule has 4 nitrogen and oxygen atoms in total. The van der Waals surface area contributed by atoms with Crippen LogP contribution in [-0.4, -0.2) is 30.6 Å². The molecule has 0 bridgehead atoms. The van der Waals surface area contributed by atoms with E-state index >= 15 is 0 Å². The highest BCUT2D eigenvalue weighted by atomic mass is 19.1. The number of ether oxygens (including phenoxy) is 1. The smallest absolute Gasteiger partial charge is 0.233 e. The molecule has 1 aromatic heterocycles. The van der Waals surface area contributed by atoms with Gasteiger partial charge in [0.05, 0.1) is 11.7 Å². The van der Waals surface area contributed by atoms with Gasteiger partial charge in [0.1, 0.15) is 17.4 Å². The molecule has 0 radical (unpaired) electrons. The van der Waals surface area contributed by atoms with Gasteiger partial charge in [-0.2, -0.15) is 0 Å². The van der Waals surface area contributed by atoms with Crippen LogP contribution in [0, 0.1) is 11.6 Å². The van der Waals surface area contributed by atoms with Crippen molar-refractivity contribution in [2.45, 2.75) is 37.6 Å². The van der Waals surface area contributed by atoms with Crippen molar-refractivity contribution in [3.63, 3.8) is 0 Å². The second-order valence-electron chi connectivity index (χ2n) is 7.02. The van der Waals surface area contributed by atoms with Crippen molar-refractivity contribution < 1.29 is 22.7 Å². The van der Waals surface area contributed by atoms with E-state index in [-0.39, 0.29) is 11.5 Å². The zero-order valence-electron chi connectivity index (χ0n) is 14.5. The van der Waals surface area contributed by atoms with Gasteiger partial charge in [-0.1, -0.05) is 6.07 Å². The van der Waals surface area contributed by atoms with Gasteiger partial charge in [-0.25, -0.2) is 8.78 Å². The Morgan fingerprint density at radius 3 is 2.73 bits per heavy atom.